The molecule has 2 aromatic heterocycles. The van der Waals surface area contributed by atoms with E-state index in [9.17, 15) is 4.79 Å². The van der Waals surface area contributed by atoms with E-state index in [1.807, 2.05) is 31.2 Å². The van der Waals surface area contributed by atoms with Gasteiger partial charge < -0.3 is 9.15 Å². The van der Waals surface area contributed by atoms with Gasteiger partial charge in [-0.15, -0.1) is 0 Å². The summed E-state index contributed by atoms with van der Waals surface area (Å²) in [6, 6.07) is 7.42. The summed E-state index contributed by atoms with van der Waals surface area (Å²) < 4.78 is 12.6. The molecule has 6 heteroatoms. The molecule has 3 rings (SSSR count). The Kier molecular flexibility index (Phi) is 3.21. The van der Waals surface area contributed by atoms with Gasteiger partial charge in [0.2, 0.25) is 5.89 Å². The van der Waals surface area contributed by atoms with Crippen LogP contribution in [-0.4, -0.2) is 20.7 Å². The van der Waals surface area contributed by atoms with Crippen molar-refractivity contribution in [3.63, 3.8) is 0 Å². The molecular weight excluding hydrogens is 270 g/mol. The normalized spacial score (nSPS) is 12.5. The molecule has 0 N–H and O–H groups in total. The fourth-order valence-electron chi connectivity index (χ4n) is 2.04. The summed E-state index contributed by atoms with van der Waals surface area (Å²) in [5, 5.41) is 4.03. The first kappa shape index (κ1) is 13.4. The molecule has 6 nitrogen and oxygen atoms in total. The van der Waals surface area contributed by atoms with Gasteiger partial charge in [0.15, 0.2) is 11.7 Å². The van der Waals surface area contributed by atoms with E-state index in [0.29, 0.717) is 17.0 Å². The average molecular weight is 285 g/mol. The first-order valence-corrected chi connectivity index (χ1v) is 6.61. The Balaban J connectivity index is 1.81. The minimum Gasteiger partial charge on any atom is -0.449 e. The van der Waals surface area contributed by atoms with E-state index in [-0.39, 0.29) is 0 Å². The number of para-hydroxylation sites is 2. The van der Waals surface area contributed by atoms with Crippen molar-refractivity contribution in [1.82, 2.24) is 14.8 Å². The van der Waals surface area contributed by atoms with Gasteiger partial charge in [-0.25, -0.2) is 9.78 Å². The third-order valence-corrected chi connectivity index (χ3v) is 3.40. The van der Waals surface area contributed by atoms with Gasteiger partial charge in [0.1, 0.15) is 11.1 Å². The van der Waals surface area contributed by atoms with Crippen LogP contribution in [0.25, 0.3) is 11.1 Å². The number of benzene rings is 1. The highest BCUT2D eigenvalue weighted by Gasteiger charge is 2.21. The van der Waals surface area contributed by atoms with Gasteiger partial charge in [-0.1, -0.05) is 12.1 Å². The molecule has 1 unspecified atom stereocenters. The quantitative estimate of drug-likeness (QED) is 0.692. The molecule has 0 saturated carbocycles. The van der Waals surface area contributed by atoms with Crippen LogP contribution in [0.4, 0.5) is 0 Å². The van der Waals surface area contributed by atoms with E-state index in [0.717, 1.165) is 11.2 Å². The highest BCUT2D eigenvalue weighted by atomic mass is 16.6. The molecule has 0 aliphatic rings. The van der Waals surface area contributed by atoms with E-state index in [2.05, 4.69) is 10.1 Å². The summed E-state index contributed by atoms with van der Waals surface area (Å²) in [6.07, 6.45) is 0.931. The maximum absolute atomic E-state index is 12.1. The molecule has 0 aliphatic carbocycles. The number of carbonyl (C=O) groups excluding carboxylic acids is 1. The number of rotatable bonds is 3. The van der Waals surface area contributed by atoms with Crippen LogP contribution in [-0.2, 0) is 11.8 Å². The number of aryl methyl sites for hydroxylation is 1. The van der Waals surface area contributed by atoms with Crippen LogP contribution in [0.1, 0.15) is 35.0 Å². The van der Waals surface area contributed by atoms with Crippen LogP contribution in [0.15, 0.2) is 34.9 Å². The van der Waals surface area contributed by atoms with Crippen molar-refractivity contribution in [1.29, 1.82) is 0 Å². The van der Waals surface area contributed by atoms with E-state index >= 15 is 0 Å². The standard InChI is InChI=1S/C15H15N3O3/c1-9-11(8-16-18(9)3)15(19)20-10(2)14-17-12-6-4-5-7-13(12)21-14/h4-8,10H,1-3H3. The van der Waals surface area contributed by atoms with Crippen molar-refractivity contribution >= 4 is 17.1 Å². The second kappa shape index (κ2) is 5.05. The lowest BCUT2D eigenvalue weighted by molar-refractivity contribution is 0.0281. The van der Waals surface area contributed by atoms with Gasteiger partial charge >= 0.3 is 5.97 Å². The van der Waals surface area contributed by atoms with Crippen molar-refractivity contribution in [2.45, 2.75) is 20.0 Å². The first-order valence-electron chi connectivity index (χ1n) is 6.61. The van der Waals surface area contributed by atoms with Crippen LogP contribution in [0.2, 0.25) is 0 Å². The van der Waals surface area contributed by atoms with Gasteiger partial charge in [0.25, 0.3) is 0 Å². The highest BCUT2D eigenvalue weighted by molar-refractivity contribution is 5.90. The average Bonchev–Trinajstić information content (AvgIpc) is 3.03. The van der Waals surface area contributed by atoms with Crippen LogP contribution in [0.3, 0.4) is 0 Å². The van der Waals surface area contributed by atoms with E-state index < -0.39 is 12.1 Å². The zero-order valence-electron chi connectivity index (χ0n) is 12.0. The number of hydrogen-bond donors (Lipinski definition) is 0. The summed E-state index contributed by atoms with van der Waals surface area (Å²) >= 11 is 0. The van der Waals surface area contributed by atoms with Gasteiger partial charge in [-0.05, 0) is 26.0 Å². The monoisotopic (exact) mass is 285 g/mol. The molecule has 0 bridgehead atoms. The number of fused-ring (bicyclic) bond motifs is 1. The summed E-state index contributed by atoms with van der Waals surface area (Å²) in [6.45, 7) is 3.54. The minimum absolute atomic E-state index is 0.381. The summed E-state index contributed by atoms with van der Waals surface area (Å²) in [7, 11) is 1.77. The van der Waals surface area contributed by atoms with Crippen molar-refractivity contribution in [2.24, 2.45) is 7.05 Å². The number of aromatic nitrogens is 3. The van der Waals surface area contributed by atoms with Crippen LogP contribution in [0.5, 0.6) is 0 Å². The Morgan fingerprint density at radius 1 is 1.38 bits per heavy atom. The summed E-state index contributed by atoms with van der Waals surface area (Å²) in [4.78, 5) is 16.5. The lowest BCUT2D eigenvalue weighted by atomic mass is 10.2. The lowest BCUT2D eigenvalue weighted by Crippen LogP contribution is -2.10. The second-order valence-electron chi connectivity index (χ2n) is 4.83. The maximum atomic E-state index is 12.1. The van der Waals surface area contributed by atoms with Crippen molar-refractivity contribution in [3.05, 3.63) is 47.6 Å². The van der Waals surface area contributed by atoms with Crippen molar-refractivity contribution in [3.8, 4) is 0 Å². The Bertz CT molecular complexity index is 770. The molecule has 0 radical (unpaired) electrons. The number of oxazole rings is 1. The molecule has 1 atom stereocenters. The Morgan fingerprint density at radius 2 is 2.14 bits per heavy atom. The van der Waals surface area contributed by atoms with Crippen LogP contribution in [0, 0.1) is 6.92 Å². The molecule has 0 aliphatic heterocycles. The number of carbonyl (C=O) groups is 1. The molecule has 108 valence electrons. The fourth-order valence-corrected chi connectivity index (χ4v) is 2.04. The largest absolute Gasteiger partial charge is 0.449 e. The molecule has 0 amide bonds. The number of ether oxygens (including phenoxy) is 1. The molecular formula is C15H15N3O3. The predicted octanol–water partition coefficient (Wildman–Crippen LogP) is 2.79. The van der Waals surface area contributed by atoms with Gasteiger partial charge in [0, 0.05) is 12.7 Å². The Hall–Kier alpha value is -2.63. The van der Waals surface area contributed by atoms with E-state index in [1.54, 1.807) is 18.7 Å². The lowest BCUT2D eigenvalue weighted by Gasteiger charge is -2.09. The number of nitrogens with zero attached hydrogens (tertiary/aromatic N) is 3. The molecule has 0 fully saturated rings. The molecule has 21 heavy (non-hydrogen) atoms. The van der Waals surface area contributed by atoms with E-state index in [1.165, 1.54) is 6.20 Å². The highest BCUT2D eigenvalue weighted by Crippen LogP contribution is 2.23. The molecule has 1 aromatic carbocycles. The molecule has 3 aromatic rings. The second-order valence-corrected chi connectivity index (χ2v) is 4.83. The van der Waals surface area contributed by atoms with E-state index in [4.69, 9.17) is 9.15 Å². The molecule has 2 heterocycles. The summed E-state index contributed by atoms with van der Waals surface area (Å²) in [5.74, 6) is -0.0542. The zero-order valence-corrected chi connectivity index (χ0v) is 12.0. The number of esters is 1. The smallest absolute Gasteiger partial charge is 0.342 e. The Morgan fingerprint density at radius 3 is 2.81 bits per heavy atom. The van der Waals surface area contributed by atoms with Gasteiger partial charge in [-0.3, -0.25) is 4.68 Å². The van der Waals surface area contributed by atoms with Crippen LogP contribution >= 0.6 is 0 Å². The SMILES string of the molecule is Cc1c(C(=O)OC(C)c2nc3ccccc3o2)cnn1C. The van der Waals surface area contributed by atoms with Crippen molar-refractivity contribution < 1.29 is 13.9 Å². The van der Waals surface area contributed by atoms with Gasteiger partial charge in [-0.2, -0.15) is 5.10 Å². The van der Waals surface area contributed by atoms with Crippen molar-refractivity contribution in [2.75, 3.05) is 0 Å². The predicted molar refractivity (Wildman–Crippen MR) is 75.8 cm³/mol. The van der Waals surface area contributed by atoms with Gasteiger partial charge in [0.05, 0.1) is 6.20 Å². The summed E-state index contributed by atoms with van der Waals surface area (Å²) in [5.41, 5.74) is 2.62. The Labute approximate surface area is 121 Å². The van der Waals surface area contributed by atoms with Crippen LogP contribution < -0.4 is 0 Å². The minimum atomic E-state index is -0.565. The third-order valence-electron chi connectivity index (χ3n) is 3.40. The fraction of sp³-hybridized carbons (Fsp3) is 0.267. The topological polar surface area (TPSA) is 70.2 Å². The maximum Gasteiger partial charge on any atom is 0.342 e. The molecule has 0 spiro atoms. The third kappa shape index (κ3) is 2.40. The zero-order chi connectivity index (χ0) is 15.0. The number of hydrogen-bond acceptors (Lipinski definition) is 5. The first-order chi connectivity index (χ1) is 10.1. The molecule has 0 saturated heterocycles.